The second-order valence-electron chi connectivity index (χ2n) is 4.89. The van der Waals surface area contributed by atoms with E-state index >= 15 is 0 Å². The van der Waals surface area contributed by atoms with Crippen molar-refractivity contribution in [3.05, 3.63) is 58.6 Å². The minimum Gasteiger partial charge on any atom is -0.455 e. The summed E-state index contributed by atoms with van der Waals surface area (Å²) in [4.78, 5) is 35.3. The molecule has 0 radical (unpaired) electrons. The summed E-state index contributed by atoms with van der Waals surface area (Å²) >= 11 is 4.66. The predicted octanol–water partition coefficient (Wildman–Crippen LogP) is 2.82. The number of nitrogens with one attached hydrogen (secondary N) is 1. The Hall–Kier alpha value is -2.32. The van der Waals surface area contributed by atoms with Crippen molar-refractivity contribution in [1.82, 2.24) is 0 Å². The molecule has 0 spiro atoms. The zero-order valence-corrected chi connectivity index (χ0v) is 15.4. The SMILES string of the molecule is NC(=O)c1ccc(NC(=O)COC(=O)CSc2ccc(Br)cc2)cc1. The molecule has 2 aromatic carbocycles. The number of esters is 1. The average molecular weight is 423 g/mol. The Kier molecular flexibility index (Phi) is 7.03. The molecule has 0 fully saturated rings. The van der Waals surface area contributed by atoms with Gasteiger partial charge in [-0.15, -0.1) is 11.8 Å². The molecule has 2 amide bonds. The van der Waals surface area contributed by atoms with Crippen LogP contribution < -0.4 is 11.1 Å². The zero-order chi connectivity index (χ0) is 18.2. The number of amides is 2. The van der Waals surface area contributed by atoms with Crippen molar-refractivity contribution in [2.24, 2.45) is 5.73 Å². The Morgan fingerprint density at radius 1 is 1.04 bits per heavy atom. The summed E-state index contributed by atoms with van der Waals surface area (Å²) in [5.41, 5.74) is 5.96. The zero-order valence-electron chi connectivity index (χ0n) is 13.0. The van der Waals surface area contributed by atoms with Crippen LogP contribution in [0.1, 0.15) is 10.4 Å². The van der Waals surface area contributed by atoms with E-state index in [9.17, 15) is 14.4 Å². The molecular weight excluding hydrogens is 408 g/mol. The van der Waals surface area contributed by atoms with Crippen LogP contribution >= 0.6 is 27.7 Å². The summed E-state index contributed by atoms with van der Waals surface area (Å²) in [7, 11) is 0. The highest BCUT2D eigenvalue weighted by Gasteiger charge is 2.09. The highest BCUT2D eigenvalue weighted by Crippen LogP contribution is 2.20. The first kappa shape index (κ1) is 19.0. The van der Waals surface area contributed by atoms with Crippen molar-refractivity contribution >= 4 is 51.2 Å². The van der Waals surface area contributed by atoms with Crippen molar-refractivity contribution in [1.29, 1.82) is 0 Å². The van der Waals surface area contributed by atoms with Crippen molar-refractivity contribution in [2.75, 3.05) is 17.7 Å². The summed E-state index contributed by atoms with van der Waals surface area (Å²) in [5.74, 6) is -1.38. The summed E-state index contributed by atoms with van der Waals surface area (Å²) in [6.45, 7) is -0.378. The first-order valence-electron chi connectivity index (χ1n) is 7.18. The second-order valence-corrected chi connectivity index (χ2v) is 6.86. The number of hydrogen-bond acceptors (Lipinski definition) is 5. The third kappa shape index (κ3) is 6.60. The normalized spacial score (nSPS) is 10.1. The molecule has 0 aliphatic carbocycles. The van der Waals surface area contributed by atoms with Crippen LogP contribution in [0.2, 0.25) is 0 Å². The molecule has 6 nitrogen and oxygen atoms in total. The maximum absolute atomic E-state index is 11.8. The maximum Gasteiger partial charge on any atom is 0.316 e. The van der Waals surface area contributed by atoms with Gasteiger partial charge in [0, 0.05) is 20.6 Å². The number of benzene rings is 2. The van der Waals surface area contributed by atoms with Crippen molar-refractivity contribution < 1.29 is 19.1 Å². The molecule has 0 saturated heterocycles. The lowest BCUT2D eigenvalue weighted by atomic mass is 10.2. The fourth-order valence-corrected chi connectivity index (χ4v) is 2.74. The molecule has 2 rings (SSSR count). The van der Waals surface area contributed by atoms with Gasteiger partial charge in [0.1, 0.15) is 0 Å². The number of primary amides is 1. The Labute approximate surface area is 157 Å². The number of carbonyl (C=O) groups is 3. The number of anilines is 1. The van der Waals surface area contributed by atoms with Gasteiger partial charge in [-0.1, -0.05) is 15.9 Å². The lowest BCUT2D eigenvalue weighted by Crippen LogP contribution is -2.21. The molecule has 3 N–H and O–H groups in total. The van der Waals surface area contributed by atoms with Crippen LogP contribution in [0.15, 0.2) is 57.9 Å². The van der Waals surface area contributed by atoms with Gasteiger partial charge in [0.25, 0.3) is 5.91 Å². The number of halogens is 1. The molecule has 25 heavy (non-hydrogen) atoms. The van der Waals surface area contributed by atoms with Crippen LogP contribution in [0.3, 0.4) is 0 Å². The molecule has 0 aliphatic rings. The molecule has 0 bridgehead atoms. The summed E-state index contributed by atoms with van der Waals surface area (Å²) in [5, 5.41) is 2.56. The van der Waals surface area contributed by atoms with Gasteiger partial charge in [-0.05, 0) is 48.5 Å². The van der Waals surface area contributed by atoms with E-state index < -0.39 is 17.8 Å². The first-order chi connectivity index (χ1) is 11.9. The van der Waals surface area contributed by atoms with Gasteiger partial charge < -0.3 is 15.8 Å². The molecule has 130 valence electrons. The van der Waals surface area contributed by atoms with Gasteiger partial charge in [0.05, 0.1) is 5.75 Å². The summed E-state index contributed by atoms with van der Waals surface area (Å²) in [6.07, 6.45) is 0. The molecule has 0 unspecified atom stereocenters. The van der Waals surface area contributed by atoms with Gasteiger partial charge in [0.2, 0.25) is 5.91 Å². The van der Waals surface area contributed by atoms with Gasteiger partial charge in [-0.3, -0.25) is 14.4 Å². The van der Waals surface area contributed by atoms with Crippen LogP contribution in [-0.2, 0) is 14.3 Å². The third-order valence-electron chi connectivity index (χ3n) is 2.99. The van der Waals surface area contributed by atoms with E-state index in [2.05, 4.69) is 21.2 Å². The number of nitrogens with two attached hydrogens (primary N) is 1. The van der Waals surface area contributed by atoms with E-state index in [0.717, 1.165) is 9.37 Å². The molecule has 0 aliphatic heterocycles. The topological polar surface area (TPSA) is 98.5 Å². The minimum atomic E-state index is -0.546. The maximum atomic E-state index is 11.8. The lowest BCUT2D eigenvalue weighted by Gasteiger charge is -2.07. The highest BCUT2D eigenvalue weighted by molar-refractivity contribution is 9.10. The molecule has 2 aromatic rings. The molecule has 8 heteroatoms. The summed E-state index contributed by atoms with van der Waals surface area (Å²) in [6, 6.07) is 13.6. The molecule has 0 saturated carbocycles. The quantitative estimate of drug-likeness (QED) is 0.527. The van der Waals surface area contributed by atoms with Crippen LogP contribution in [-0.4, -0.2) is 30.1 Å². The van der Waals surface area contributed by atoms with Crippen molar-refractivity contribution in [2.45, 2.75) is 4.90 Å². The summed E-state index contributed by atoms with van der Waals surface area (Å²) < 4.78 is 5.89. The van der Waals surface area contributed by atoms with E-state index in [1.807, 2.05) is 24.3 Å². The second kappa shape index (κ2) is 9.24. The van der Waals surface area contributed by atoms with Crippen LogP contribution in [0.5, 0.6) is 0 Å². The van der Waals surface area contributed by atoms with Crippen molar-refractivity contribution in [3.63, 3.8) is 0 Å². The standard InChI is InChI=1S/C17H15BrN2O4S/c18-12-3-7-14(8-4-12)25-10-16(22)24-9-15(21)20-13-5-1-11(2-6-13)17(19)23/h1-8H,9-10H2,(H2,19,23)(H,20,21). The minimum absolute atomic E-state index is 0.113. The number of carbonyl (C=O) groups excluding carboxylic acids is 3. The van der Waals surface area contributed by atoms with E-state index in [1.165, 1.54) is 23.9 Å². The fraction of sp³-hybridized carbons (Fsp3) is 0.118. The molecule has 0 atom stereocenters. The van der Waals surface area contributed by atoms with E-state index in [1.54, 1.807) is 12.1 Å². The first-order valence-corrected chi connectivity index (χ1v) is 8.95. The largest absolute Gasteiger partial charge is 0.455 e. The van der Waals surface area contributed by atoms with Gasteiger partial charge >= 0.3 is 5.97 Å². The van der Waals surface area contributed by atoms with Crippen LogP contribution in [0.4, 0.5) is 5.69 Å². The Morgan fingerprint density at radius 3 is 2.28 bits per heavy atom. The van der Waals surface area contributed by atoms with Gasteiger partial charge in [-0.25, -0.2) is 0 Å². The monoisotopic (exact) mass is 422 g/mol. The Bertz CT molecular complexity index is 763. The van der Waals surface area contributed by atoms with Gasteiger partial charge in [-0.2, -0.15) is 0 Å². The highest BCUT2D eigenvalue weighted by atomic mass is 79.9. The van der Waals surface area contributed by atoms with E-state index in [0.29, 0.717) is 11.3 Å². The van der Waals surface area contributed by atoms with E-state index in [4.69, 9.17) is 10.5 Å². The molecular formula is C17H15BrN2O4S. The smallest absolute Gasteiger partial charge is 0.316 e. The van der Waals surface area contributed by atoms with Crippen LogP contribution in [0, 0.1) is 0 Å². The molecule has 0 heterocycles. The number of rotatable bonds is 7. The third-order valence-corrected chi connectivity index (χ3v) is 4.50. The average Bonchev–Trinajstić information content (AvgIpc) is 2.60. The van der Waals surface area contributed by atoms with Crippen molar-refractivity contribution in [3.8, 4) is 0 Å². The fourth-order valence-electron chi connectivity index (χ4n) is 1.78. The Morgan fingerprint density at radius 2 is 1.68 bits per heavy atom. The lowest BCUT2D eigenvalue weighted by molar-refractivity contribution is -0.144. The number of hydrogen-bond donors (Lipinski definition) is 2. The molecule has 0 aromatic heterocycles. The van der Waals surface area contributed by atoms with Gasteiger partial charge in [0.15, 0.2) is 6.61 Å². The van der Waals surface area contributed by atoms with Crippen LogP contribution in [0.25, 0.3) is 0 Å². The number of thioether (sulfide) groups is 1. The number of ether oxygens (including phenoxy) is 1. The predicted molar refractivity (Wildman–Crippen MR) is 99.4 cm³/mol. The van der Waals surface area contributed by atoms with E-state index in [-0.39, 0.29) is 12.4 Å². The Balaban J connectivity index is 1.72.